The van der Waals surface area contributed by atoms with Crippen LogP contribution in [0.2, 0.25) is 0 Å². The normalized spacial score (nSPS) is 10.8. The molecule has 0 bridgehead atoms. The molecule has 0 saturated carbocycles. The number of unbranched alkanes of at least 4 members (excludes halogenated alkanes) is 6. The Morgan fingerprint density at radius 3 is 1.52 bits per heavy atom. The lowest BCUT2D eigenvalue weighted by Crippen LogP contribution is -2.08. The van der Waals surface area contributed by atoms with Gasteiger partial charge in [0.1, 0.15) is 23.1 Å². The molecule has 0 amide bonds. The average molecular weight is 650 g/mol. The number of hydrogen-bond acceptors (Lipinski definition) is 5. The molecule has 5 nitrogen and oxygen atoms in total. The molecule has 0 fully saturated rings. The molecule has 238 valence electrons. The van der Waals surface area contributed by atoms with Gasteiger partial charge >= 0.3 is 11.9 Å². The van der Waals surface area contributed by atoms with Crippen LogP contribution in [-0.2, 0) is 9.59 Å². The summed E-state index contributed by atoms with van der Waals surface area (Å²) in [5, 5.41) is 9.73. The van der Waals surface area contributed by atoms with Crippen molar-refractivity contribution >= 4 is 26.5 Å². The number of benzene rings is 4. The average Bonchev–Trinajstić information content (AvgIpc) is 3.02. The third-order valence-corrected chi connectivity index (χ3v) is 7.80. The van der Waals surface area contributed by atoms with Crippen LogP contribution in [-0.4, -0.2) is 11.9 Å². The van der Waals surface area contributed by atoms with Crippen LogP contribution < -0.4 is 14.8 Å². The van der Waals surface area contributed by atoms with Crippen molar-refractivity contribution in [2.75, 3.05) is 0 Å². The van der Waals surface area contributed by atoms with E-state index in [1.165, 1.54) is 24.3 Å². The van der Waals surface area contributed by atoms with Crippen LogP contribution >= 0.6 is 9.24 Å². The standard InChI is InChI=1S/C36H32F4NO4P/c37-30-17-12-23(18-33(30)40)28-15-13-26(20-31(28)38)44-35(42)8-6-4-2-1-3-5-7-9-36(43)45-27-14-16-29(32(39)21-27)24-10-11-25(22-41)34(46)19-24/h10-21H,1-9,46H2. The number of halogens is 4. The summed E-state index contributed by atoms with van der Waals surface area (Å²) in [7, 11) is 2.46. The SMILES string of the molecule is N#Cc1ccc(-c2ccc(OC(=O)CCCCCCCCCC(=O)Oc3ccc(-c4ccc(F)c(F)c4)c(F)c3)cc2F)cc1P. The molecule has 0 aliphatic rings. The van der Waals surface area contributed by atoms with Gasteiger partial charge in [-0.25, -0.2) is 17.6 Å². The van der Waals surface area contributed by atoms with Gasteiger partial charge in [-0.1, -0.05) is 44.2 Å². The van der Waals surface area contributed by atoms with E-state index in [0.29, 0.717) is 34.8 Å². The highest BCUT2D eigenvalue weighted by Crippen LogP contribution is 2.29. The fourth-order valence-corrected chi connectivity index (χ4v) is 5.21. The lowest BCUT2D eigenvalue weighted by molar-refractivity contribution is -0.135. The molecule has 0 saturated heterocycles. The molecule has 4 aromatic carbocycles. The lowest BCUT2D eigenvalue weighted by Gasteiger charge is -2.09. The summed E-state index contributed by atoms with van der Waals surface area (Å²) in [6.45, 7) is 0. The Hall–Kier alpha value is -4.54. The molecule has 0 aliphatic carbocycles. The van der Waals surface area contributed by atoms with Crippen molar-refractivity contribution in [3.63, 3.8) is 0 Å². The zero-order valence-electron chi connectivity index (χ0n) is 25.0. The molecule has 4 rings (SSSR count). The van der Waals surface area contributed by atoms with E-state index < -0.39 is 35.2 Å². The second-order valence-electron chi connectivity index (χ2n) is 10.7. The number of carbonyl (C=O) groups is 2. The lowest BCUT2D eigenvalue weighted by atomic mass is 10.0. The Morgan fingerprint density at radius 1 is 0.587 bits per heavy atom. The molecule has 1 unspecified atom stereocenters. The first-order chi connectivity index (χ1) is 22.1. The van der Waals surface area contributed by atoms with Crippen molar-refractivity contribution in [1.29, 1.82) is 5.26 Å². The summed E-state index contributed by atoms with van der Waals surface area (Å²) >= 11 is 0. The minimum atomic E-state index is -1.08. The van der Waals surface area contributed by atoms with Crippen molar-refractivity contribution in [2.24, 2.45) is 0 Å². The number of rotatable bonds is 14. The molecular weight excluding hydrogens is 617 g/mol. The fraction of sp³-hybridized carbons (Fsp3) is 0.250. The van der Waals surface area contributed by atoms with E-state index in [1.807, 2.05) is 0 Å². The largest absolute Gasteiger partial charge is 0.426 e. The quantitative estimate of drug-likeness (QED) is 0.0448. The predicted octanol–water partition coefficient (Wildman–Crippen LogP) is 8.97. The third-order valence-electron chi connectivity index (χ3n) is 7.32. The zero-order valence-corrected chi connectivity index (χ0v) is 26.1. The van der Waals surface area contributed by atoms with Gasteiger partial charge in [-0.05, 0) is 77.8 Å². The van der Waals surface area contributed by atoms with E-state index in [9.17, 15) is 27.2 Å². The second kappa shape index (κ2) is 16.7. The second-order valence-corrected chi connectivity index (χ2v) is 11.4. The summed E-state index contributed by atoms with van der Waals surface area (Å²) in [5.74, 6) is -4.11. The number of ether oxygens (including phenoxy) is 2. The van der Waals surface area contributed by atoms with E-state index in [2.05, 4.69) is 15.3 Å². The third kappa shape index (κ3) is 9.73. The summed E-state index contributed by atoms with van der Waals surface area (Å²) in [6, 6.07) is 18.2. The Morgan fingerprint density at radius 2 is 1.07 bits per heavy atom. The van der Waals surface area contributed by atoms with Crippen LogP contribution in [0.15, 0.2) is 72.8 Å². The highest BCUT2D eigenvalue weighted by Gasteiger charge is 2.13. The molecule has 0 radical (unpaired) electrons. The highest BCUT2D eigenvalue weighted by atomic mass is 31.0. The summed E-state index contributed by atoms with van der Waals surface area (Å²) in [5.41, 5.74) is 1.68. The number of esters is 2. The molecule has 0 heterocycles. The monoisotopic (exact) mass is 649 g/mol. The number of carbonyl (C=O) groups excluding carboxylic acids is 2. The van der Waals surface area contributed by atoms with Crippen LogP contribution in [0.4, 0.5) is 17.6 Å². The molecule has 0 aromatic heterocycles. The molecule has 0 N–H and O–H groups in total. The van der Waals surface area contributed by atoms with Crippen molar-refractivity contribution in [1.82, 2.24) is 0 Å². The molecule has 4 aromatic rings. The smallest absolute Gasteiger partial charge is 0.311 e. The first-order valence-electron chi connectivity index (χ1n) is 14.9. The van der Waals surface area contributed by atoms with Crippen LogP contribution in [0.3, 0.4) is 0 Å². The van der Waals surface area contributed by atoms with Gasteiger partial charge in [0.05, 0.1) is 11.6 Å². The summed E-state index contributed by atoms with van der Waals surface area (Å²) in [6.07, 6.45) is 6.01. The van der Waals surface area contributed by atoms with Gasteiger partial charge in [-0.2, -0.15) is 5.26 Å². The Kier molecular flexibility index (Phi) is 12.4. The van der Waals surface area contributed by atoms with Crippen LogP contribution in [0.1, 0.15) is 63.4 Å². The minimum Gasteiger partial charge on any atom is -0.426 e. The maximum atomic E-state index is 14.7. The van der Waals surface area contributed by atoms with Gasteiger partial charge < -0.3 is 9.47 Å². The zero-order chi connectivity index (χ0) is 33.1. The Bertz CT molecular complexity index is 1750. The highest BCUT2D eigenvalue weighted by molar-refractivity contribution is 7.27. The van der Waals surface area contributed by atoms with E-state index in [0.717, 1.165) is 50.3 Å². The first-order valence-corrected chi connectivity index (χ1v) is 15.5. The molecule has 10 heteroatoms. The van der Waals surface area contributed by atoms with E-state index >= 15 is 0 Å². The van der Waals surface area contributed by atoms with Gasteiger partial charge in [-0.15, -0.1) is 9.24 Å². The van der Waals surface area contributed by atoms with Crippen LogP contribution in [0, 0.1) is 34.6 Å². The number of hydrogen-bond donors (Lipinski definition) is 0. The summed E-state index contributed by atoms with van der Waals surface area (Å²) in [4.78, 5) is 24.4. The molecule has 0 spiro atoms. The van der Waals surface area contributed by atoms with Crippen molar-refractivity contribution < 1.29 is 36.6 Å². The molecular formula is C36H32F4NO4P. The van der Waals surface area contributed by atoms with Crippen LogP contribution in [0.25, 0.3) is 22.3 Å². The van der Waals surface area contributed by atoms with Gasteiger partial charge in [-0.3, -0.25) is 9.59 Å². The van der Waals surface area contributed by atoms with Gasteiger partial charge in [0.2, 0.25) is 0 Å². The van der Waals surface area contributed by atoms with E-state index in [-0.39, 0.29) is 35.5 Å². The number of nitrogens with zero attached hydrogens (tertiary/aromatic N) is 1. The van der Waals surface area contributed by atoms with Gasteiger partial charge in [0.15, 0.2) is 11.6 Å². The molecule has 1 atom stereocenters. The fourth-order valence-electron chi connectivity index (χ4n) is 4.87. The topological polar surface area (TPSA) is 76.4 Å². The van der Waals surface area contributed by atoms with Crippen molar-refractivity contribution in [3.05, 3.63) is 102 Å². The summed E-state index contributed by atoms with van der Waals surface area (Å²) < 4.78 is 66.3. The van der Waals surface area contributed by atoms with Gasteiger partial charge in [0, 0.05) is 36.1 Å². The predicted molar refractivity (Wildman–Crippen MR) is 170 cm³/mol. The maximum absolute atomic E-state index is 14.7. The van der Waals surface area contributed by atoms with Crippen molar-refractivity contribution in [2.45, 2.75) is 57.8 Å². The van der Waals surface area contributed by atoms with E-state index in [4.69, 9.17) is 14.7 Å². The van der Waals surface area contributed by atoms with Crippen LogP contribution in [0.5, 0.6) is 11.5 Å². The molecule has 0 aliphatic heterocycles. The first kappa shape index (κ1) is 34.3. The molecule has 46 heavy (non-hydrogen) atoms. The van der Waals surface area contributed by atoms with E-state index in [1.54, 1.807) is 30.3 Å². The number of nitriles is 1. The Balaban J connectivity index is 1.07. The maximum Gasteiger partial charge on any atom is 0.311 e. The van der Waals surface area contributed by atoms with Crippen molar-refractivity contribution in [3.8, 4) is 39.8 Å². The Labute approximate surface area is 267 Å². The minimum absolute atomic E-state index is 0.0342. The van der Waals surface area contributed by atoms with Gasteiger partial charge in [0.25, 0.3) is 0 Å².